The Hall–Kier alpha value is -4.02. The molecule has 2 saturated heterocycles. The van der Waals surface area contributed by atoms with Crippen LogP contribution in [0.4, 0.5) is 0 Å². The predicted molar refractivity (Wildman–Crippen MR) is 183 cm³/mol. The Bertz CT molecular complexity index is 1740. The van der Waals surface area contributed by atoms with Crippen LogP contribution >= 0.6 is 24.0 Å². The van der Waals surface area contributed by atoms with Crippen LogP contribution < -0.4 is 4.74 Å². The van der Waals surface area contributed by atoms with Crippen molar-refractivity contribution >= 4 is 57.0 Å². The van der Waals surface area contributed by atoms with E-state index in [-0.39, 0.29) is 24.8 Å². The Morgan fingerprint density at radius 3 is 2.51 bits per heavy atom. The molecule has 4 aromatic rings. The van der Waals surface area contributed by atoms with Gasteiger partial charge in [0.1, 0.15) is 16.7 Å². The Labute approximate surface area is 272 Å². The number of hydrogen-bond donors (Lipinski definition) is 1. The van der Waals surface area contributed by atoms with Crippen molar-refractivity contribution in [3.63, 3.8) is 0 Å². The number of ether oxygens (including phenoxy) is 2. The van der Waals surface area contributed by atoms with Crippen molar-refractivity contribution in [3.05, 3.63) is 107 Å². The third kappa shape index (κ3) is 7.62. The summed E-state index contributed by atoms with van der Waals surface area (Å²) in [6.07, 6.45) is 1.76. The summed E-state index contributed by atoms with van der Waals surface area (Å²) in [4.78, 5) is 29.6. The van der Waals surface area contributed by atoms with Gasteiger partial charge in [0.2, 0.25) is 0 Å². The summed E-state index contributed by atoms with van der Waals surface area (Å²) in [7, 11) is 0. The van der Waals surface area contributed by atoms with Crippen LogP contribution in [-0.4, -0.2) is 77.1 Å². The van der Waals surface area contributed by atoms with Gasteiger partial charge >= 0.3 is 5.97 Å². The van der Waals surface area contributed by atoms with Gasteiger partial charge < -0.3 is 14.6 Å². The van der Waals surface area contributed by atoms with Gasteiger partial charge in [0.05, 0.1) is 24.5 Å². The molecule has 0 saturated carbocycles. The molecule has 4 aromatic carbocycles. The lowest BCUT2D eigenvalue weighted by molar-refractivity contribution is -0.137. The molecule has 7 nitrogen and oxygen atoms in total. The number of carboxylic acids is 1. The Balaban J connectivity index is 1.26. The molecule has 0 bridgehead atoms. The third-order valence-electron chi connectivity index (χ3n) is 8.10. The maximum Gasteiger partial charge on any atom is 0.304 e. The summed E-state index contributed by atoms with van der Waals surface area (Å²) >= 11 is 6.86. The van der Waals surface area contributed by atoms with Gasteiger partial charge in [0, 0.05) is 37.7 Å². The quantitative estimate of drug-likeness (QED) is 0.144. The molecule has 2 aliphatic heterocycles. The third-order valence-corrected chi connectivity index (χ3v) is 9.48. The number of benzene rings is 4. The zero-order valence-electron chi connectivity index (χ0n) is 24.8. The maximum atomic E-state index is 13.6. The van der Waals surface area contributed by atoms with Crippen LogP contribution in [0.15, 0.2) is 95.9 Å². The first-order valence-electron chi connectivity index (χ1n) is 15.0. The van der Waals surface area contributed by atoms with Gasteiger partial charge in [-0.15, -0.1) is 0 Å². The number of rotatable bonds is 11. The highest BCUT2D eigenvalue weighted by molar-refractivity contribution is 8.26. The van der Waals surface area contributed by atoms with Crippen molar-refractivity contribution in [2.45, 2.75) is 12.3 Å². The minimum Gasteiger partial charge on any atom is -0.492 e. The number of carbonyl (C=O) groups excluding carboxylic acids is 1. The molecule has 0 spiro atoms. The minimum atomic E-state index is -0.918. The van der Waals surface area contributed by atoms with E-state index in [0.29, 0.717) is 15.8 Å². The normalized spacial score (nSPS) is 17.2. The fourth-order valence-electron chi connectivity index (χ4n) is 5.71. The number of thiocarbonyl (C=S) groups is 1. The molecule has 0 radical (unpaired) electrons. The van der Waals surface area contributed by atoms with E-state index in [0.717, 1.165) is 71.6 Å². The van der Waals surface area contributed by atoms with Crippen LogP contribution in [0.1, 0.15) is 23.5 Å². The van der Waals surface area contributed by atoms with Gasteiger partial charge in [0.15, 0.2) is 0 Å². The largest absolute Gasteiger partial charge is 0.492 e. The van der Waals surface area contributed by atoms with Gasteiger partial charge in [0.25, 0.3) is 5.91 Å². The predicted octanol–water partition coefficient (Wildman–Crippen LogP) is 6.68. The standard InChI is InChI=1S/C36H34N2O5S2/c39-34(40)23-30(26-6-2-1-3-7-26)24-38-35(41)33(45-36(38)44)21-25-10-13-32(43-19-16-37-14-17-42-18-15-37)31(20-25)29-12-11-27-8-4-5-9-28(27)22-29/h1-13,20-22,30H,14-19,23-24H2,(H,39,40)/b33-21-/t30-/m1/s1. The van der Waals surface area contributed by atoms with Crippen LogP contribution in [0.5, 0.6) is 5.75 Å². The van der Waals surface area contributed by atoms with E-state index in [2.05, 4.69) is 41.3 Å². The highest BCUT2D eigenvalue weighted by Gasteiger charge is 2.34. The Morgan fingerprint density at radius 1 is 0.978 bits per heavy atom. The van der Waals surface area contributed by atoms with E-state index in [4.69, 9.17) is 21.7 Å². The molecule has 2 fully saturated rings. The molecule has 1 amide bonds. The van der Waals surface area contributed by atoms with Gasteiger partial charge in [-0.1, -0.05) is 96.8 Å². The highest BCUT2D eigenvalue weighted by atomic mass is 32.2. The zero-order chi connectivity index (χ0) is 31.2. The number of carboxylic acid groups (broad SMARTS) is 1. The number of thioether (sulfide) groups is 1. The number of morpholine rings is 1. The number of amides is 1. The van der Waals surface area contributed by atoms with Crippen molar-refractivity contribution in [1.82, 2.24) is 9.80 Å². The topological polar surface area (TPSA) is 79.3 Å². The number of fused-ring (bicyclic) bond motifs is 1. The van der Waals surface area contributed by atoms with E-state index >= 15 is 0 Å². The maximum absolute atomic E-state index is 13.6. The molecular weight excluding hydrogens is 605 g/mol. The number of hydrogen-bond acceptors (Lipinski definition) is 7. The lowest BCUT2D eigenvalue weighted by Crippen LogP contribution is -2.38. The molecule has 1 N–H and O–H groups in total. The summed E-state index contributed by atoms with van der Waals surface area (Å²) in [5.74, 6) is -0.728. The summed E-state index contributed by atoms with van der Waals surface area (Å²) < 4.78 is 12.2. The lowest BCUT2D eigenvalue weighted by Gasteiger charge is -2.26. The summed E-state index contributed by atoms with van der Waals surface area (Å²) in [5.41, 5.74) is 3.68. The lowest BCUT2D eigenvalue weighted by atomic mass is 9.95. The van der Waals surface area contributed by atoms with Crippen LogP contribution in [0.2, 0.25) is 0 Å². The molecule has 230 valence electrons. The first-order chi connectivity index (χ1) is 21.9. The second kappa shape index (κ2) is 14.4. The fourth-order valence-corrected chi connectivity index (χ4v) is 6.98. The van der Waals surface area contributed by atoms with Crippen LogP contribution in [-0.2, 0) is 14.3 Å². The molecule has 2 aliphatic rings. The molecule has 6 rings (SSSR count). The van der Waals surface area contributed by atoms with E-state index in [1.54, 1.807) is 0 Å². The molecule has 9 heteroatoms. The monoisotopic (exact) mass is 638 g/mol. The molecular formula is C36H34N2O5S2. The van der Waals surface area contributed by atoms with Crippen molar-refractivity contribution in [3.8, 4) is 16.9 Å². The van der Waals surface area contributed by atoms with Gasteiger partial charge in [-0.25, -0.2) is 0 Å². The molecule has 0 aromatic heterocycles. The summed E-state index contributed by atoms with van der Waals surface area (Å²) in [6.45, 7) is 4.87. The van der Waals surface area contributed by atoms with Crippen molar-refractivity contribution in [1.29, 1.82) is 0 Å². The highest BCUT2D eigenvalue weighted by Crippen LogP contribution is 2.37. The summed E-state index contributed by atoms with van der Waals surface area (Å²) in [5, 5.41) is 11.8. The Kier molecular flexibility index (Phi) is 9.91. The SMILES string of the molecule is O=C(O)C[C@H](CN1C(=O)/C(=C/c2ccc(OCCN3CCOCC3)c(-c3ccc4ccccc4c3)c2)SC1=S)c1ccccc1. The summed E-state index contributed by atoms with van der Waals surface area (Å²) in [6, 6.07) is 30.0. The fraction of sp³-hybridized carbons (Fsp3) is 0.250. The van der Waals surface area contributed by atoms with Crippen LogP contribution in [0, 0.1) is 0 Å². The first kappa shape index (κ1) is 31.0. The second-order valence-electron chi connectivity index (χ2n) is 11.1. The first-order valence-corrected chi connectivity index (χ1v) is 16.3. The van der Waals surface area contributed by atoms with E-state index in [1.807, 2.05) is 60.7 Å². The van der Waals surface area contributed by atoms with Crippen molar-refractivity contribution < 1.29 is 24.2 Å². The molecule has 45 heavy (non-hydrogen) atoms. The molecule has 2 heterocycles. The average molecular weight is 639 g/mol. The van der Waals surface area contributed by atoms with E-state index in [1.165, 1.54) is 16.7 Å². The van der Waals surface area contributed by atoms with Gasteiger partial charge in [-0.2, -0.15) is 0 Å². The van der Waals surface area contributed by atoms with Gasteiger partial charge in [-0.05, 0) is 51.7 Å². The average Bonchev–Trinajstić information content (AvgIpc) is 3.32. The van der Waals surface area contributed by atoms with Crippen LogP contribution in [0.3, 0.4) is 0 Å². The van der Waals surface area contributed by atoms with Crippen molar-refractivity contribution in [2.75, 3.05) is 46.0 Å². The van der Waals surface area contributed by atoms with Crippen molar-refractivity contribution in [2.24, 2.45) is 0 Å². The molecule has 0 aliphatic carbocycles. The number of aliphatic carboxylic acids is 1. The van der Waals surface area contributed by atoms with Crippen LogP contribution in [0.25, 0.3) is 28.0 Å². The minimum absolute atomic E-state index is 0.0950. The van der Waals surface area contributed by atoms with Gasteiger partial charge in [-0.3, -0.25) is 19.4 Å². The van der Waals surface area contributed by atoms with E-state index < -0.39 is 5.97 Å². The Morgan fingerprint density at radius 2 is 1.73 bits per heavy atom. The molecule has 1 atom stereocenters. The van der Waals surface area contributed by atoms with E-state index in [9.17, 15) is 14.7 Å². The molecule has 0 unspecified atom stereocenters. The number of nitrogens with zero attached hydrogens (tertiary/aromatic N) is 2. The smallest absolute Gasteiger partial charge is 0.304 e. The second-order valence-corrected chi connectivity index (χ2v) is 12.8. The zero-order valence-corrected chi connectivity index (χ0v) is 26.4. The number of carbonyl (C=O) groups is 2.